The van der Waals surface area contributed by atoms with Crippen molar-refractivity contribution < 1.29 is 23.4 Å². The van der Waals surface area contributed by atoms with Crippen molar-refractivity contribution in [2.75, 3.05) is 13.2 Å². The summed E-state index contributed by atoms with van der Waals surface area (Å²) in [5.74, 6) is -1.63. The molecule has 0 spiro atoms. The van der Waals surface area contributed by atoms with Crippen molar-refractivity contribution in [3.05, 3.63) is 47.2 Å². The fraction of sp³-hybridized carbons (Fsp3) is 0.522. The molecule has 2 atom stereocenters. The number of aromatic nitrogens is 2. The Morgan fingerprint density at radius 1 is 1.29 bits per heavy atom. The van der Waals surface area contributed by atoms with Gasteiger partial charge >= 0.3 is 0 Å². The van der Waals surface area contributed by atoms with E-state index in [0.29, 0.717) is 12.1 Å². The highest BCUT2D eigenvalue weighted by molar-refractivity contribution is 5.77. The van der Waals surface area contributed by atoms with Gasteiger partial charge in [-0.2, -0.15) is 5.10 Å². The molecular weight excluding hydrogens is 404 g/mol. The number of rotatable bonds is 6. The number of ether oxygens (including phenoxy) is 1. The van der Waals surface area contributed by atoms with Crippen LogP contribution in [0.1, 0.15) is 57.7 Å². The lowest BCUT2D eigenvalue weighted by Gasteiger charge is -2.37. The second kappa shape index (κ2) is 7.31. The van der Waals surface area contributed by atoms with Crippen molar-refractivity contribution in [2.24, 2.45) is 5.41 Å². The number of fused-ring (bicyclic) bond motifs is 5. The van der Waals surface area contributed by atoms with Gasteiger partial charge in [0.15, 0.2) is 0 Å². The molecule has 1 amide bonds. The fourth-order valence-electron chi connectivity index (χ4n) is 5.01. The maximum Gasteiger partial charge on any atom is 0.246 e. The topological polar surface area (TPSA) is 84.3 Å². The molecule has 2 aliphatic carbocycles. The number of carbonyl (C=O) groups excluding carboxylic acids is 1. The third-order valence-electron chi connectivity index (χ3n) is 6.67. The van der Waals surface area contributed by atoms with Gasteiger partial charge in [0.25, 0.3) is 0 Å². The predicted octanol–water partition coefficient (Wildman–Crippen LogP) is 3.44. The predicted molar refractivity (Wildman–Crippen MR) is 110 cm³/mol. The van der Waals surface area contributed by atoms with Gasteiger partial charge in [0.2, 0.25) is 5.91 Å². The second-order valence-electron chi connectivity index (χ2n) is 9.65. The first-order valence-electron chi connectivity index (χ1n) is 10.4. The molecule has 2 aliphatic rings. The van der Waals surface area contributed by atoms with Crippen LogP contribution < -0.4 is 5.32 Å². The van der Waals surface area contributed by atoms with Crippen LogP contribution in [0.4, 0.5) is 8.78 Å². The lowest BCUT2D eigenvalue weighted by Crippen LogP contribution is -2.44. The van der Waals surface area contributed by atoms with E-state index in [-0.39, 0.29) is 41.6 Å². The highest BCUT2D eigenvalue weighted by Crippen LogP contribution is 2.67. The number of nitrogens with one attached hydrogen (secondary N) is 1. The number of nitrogens with zero attached hydrogens (tertiary/aromatic N) is 2. The van der Waals surface area contributed by atoms with E-state index in [9.17, 15) is 18.7 Å². The third-order valence-corrected chi connectivity index (χ3v) is 6.67. The van der Waals surface area contributed by atoms with Crippen molar-refractivity contribution in [3.8, 4) is 11.3 Å². The summed E-state index contributed by atoms with van der Waals surface area (Å²) in [6, 6.07) is 5.40. The molecule has 1 aromatic heterocycles. The number of hydrogen-bond acceptors (Lipinski definition) is 5. The van der Waals surface area contributed by atoms with Crippen LogP contribution in [0.2, 0.25) is 0 Å². The zero-order valence-electron chi connectivity index (χ0n) is 18.1. The van der Waals surface area contributed by atoms with Gasteiger partial charge in [-0.3, -0.25) is 4.79 Å². The Hall–Kier alpha value is -2.45. The summed E-state index contributed by atoms with van der Waals surface area (Å²) < 4.78 is 34.7. The van der Waals surface area contributed by atoms with Crippen molar-refractivity contribution in [1.29, 1.82) is 0 Å². The molecule has 2 bridgehead atoms. The molecule has 2 aromatic rings. The number of aliphatic hydroxyl groups is 1. The van der Waals surface area contributed by atoms with E-state index in [4.69, 9.17) is 4.74 Å². The first kappa shape index (κ1) is 21.8. The van der Waals surface area contributed by atoms with E-state index in [1.54, 1.807) is 19.9 Å². The highest BCUT2D eigenvalue weighted by Gasteiger charge is 2.64. The van der Waals surface area contributed by atoms with Gasteiger partial charge in [-0.15, -0.1) is 5.10 Å². The zero-order valence-corrected chi connectivity index (χ0v) is 18.1. The van der Waals surface area contributed by atoms with Crippen LogP contribution in [0.5, 0.6) is 0 Å². The number of halogens is 2. The molecule has 4 rings (SSSR count). The molecule has 6 nitrogen and oxygen atoms in total. The van der Waals surface area contributed by atoms with E-state index in [1.165, 1.54) is 18.2 Å². The fourth-order valence-corrected chi connectivity index (χ4v) is 5.01. The Morgan fingerprint density at radius 2 is 1.97 bits per heavy atom. The maximum absolute atomic E-state index is 14.3. The lowest BCUT2D eigenvalue weighted by molar-refractivity contribution is -0.145. The van der Waals surface area contributed by atoms with Gasteiger partial charge in [0, 0.05) is 12.0 Å². The molecule has 2 N–H and O–H groups in total. The lowest BCUT2D eigenvalue weighted by atomic mass is 9.77. The van der Waals surface area contributed by atoms with Crippen LogP contribution in [-0.4, -0.2) is 40.0 Å². The minimum atomic E-state index is -1.02. The van der Waals surface area contributed by atoms with Crippen LogP contribution in [0, 0.1) is 17.0 Å². The summed E-state index contributed by atoms with van der Waals surface area (Å²) in [6.45, 7) is 7.26. The molecule has 0 radical (unpaired) electrons. The smallest absolute Gasteiger partial charge is 0.246 e. The molecule has 1 fully saturated rings. The Bertz CT molecular complexity index is 1010. The number of amides is 1. The normalized spacial score (nSPS) is 23.6. The monoisotopic (exact) mass is 431 g/mol. The summed E-state index contributed by atoms with van der Waals surface area (Å²) in [7, 11) is 0. The molecule has 1 aromatic carbocycles. The SMILES string of the molecule is CC(C)(O)CNC(=O)CO[C@@]12CC[C@@H](c3cc(-c4c(F)cccc4F)nnc31)C2(C)C. The molecule has 31 heavy (non-hydrogen) atoms. The van der Waals surface area contributed by atoms with Crippen LogP contribution in [-0.2, 0) is 15.1 Å². The Morgan fingerprint density at radius 3 is 2.61 bits per heavy atom. The van der Waals surface area contributed by atoms with Gasteiger partial charge < -0.3 is 15.2 Å². The molecular formula is C23H27F2N3O3. The van der Waals surface area contributed by atoms with E-state index in [0.717, 1.165) is 12.0 Å². The quantitative estimate of drug-likeness (QED) is 0.732. The van der Waals surface area contributed by atoms with Gasteiger partial charge in [-0.25, -0.2) is 8.78 Å². The number of hydrogen-bond donors (Lipinski definition) is 2. The number of carbonyl (C=O) groups is 1. The van der Waals surface area contributed by atoms with Crippen molar-refractivity contribution in [2.45, 2.75) is 57.7 Å². The van der Waals surface area contributed by atoms with Gasteiger partial charge in [-0.1, -0.05) is 19.9 Å². The van der Waals surface area contributed by atoms with Crippen molar-refractivity contribution in [1.82, 2.24) is 15.5 Å². The molecule has 0 aliphatic heterocycles. The minimum Gasteiger partial charge on any atom is -0.389 e. The van der Waals surface area contributed by atoms with E-state index < -0.39 is 22.8 Å². The minimum absolute atomic E-state index is 0.0750. The van der Waals surface area contributed by atoms with Crippen LogP contribution in [0.15, 0.2) is 24.3 Å². The summed E-state index contributed by atoms with van der Waals surface area (Å²) >= 11 is 0. The largest absolute Gasteiger partial charge is 0.389 e. The molecule has 1 heterocycles. The zero-order chi connectivity index (χ0) is 22.6. The van der Waals surface area contributed by atoms with Crippen molar-refractivity contribution in [3.63, 3.8) is 0 Å². The van der Waals surface area contributed by atoms with Gasteiger partial charge in [-0.05, 0) is 56.4 Å². The average molecular weight is 431 g/mol. The molecule has 0 saturated heterocycles. The van der Waals surface area contributed by atoms with Crippen LogP contribution in [0.25, 0.3) is 11.3 Å². The third kappa shape index (κ3) is 3.51. The van der Waals surface area contributed by atoms with Gasteiger partial charge in [0.05, 0.1) is 22.6 Å². The van der Waals surface area contributed by atoms with E-state index in [1.807, 2.05) is 0 Å². The number of benzene rings is 1. The summed E-state index contributed by atoms with van der Waals surface area (Å²) in [4.78, 5) is 12.3. The van der Waals surface area contributed by atoms with Crippen molar-refractivity contribution >= 4 is 5.91 Å². The summed E-state index contributed by atoms with van der Waals surface area (Å²) in [5, 5.41) is 20.9. The Balaban J connectivity index is 1.64. The Labute approximate surface area is 180 Å². The summed E-state index contributed by atoms with van der Waals surface area (Å²) in [5.41, 5.74) is -0.749. The van der Waals surface area contributed by atoms with Crippen LogP contribution >= 0.6 is 0 Å². The highest BCUT2D eigenvalue weighted by atomic mass is 19.1. The molecule has 0 unspecified atom stereocenters. The average Bonchev–Trinajstić information content (AvgIpc) is 3.05. The van der Waals surface area contributed by atoms with Crippen LogP contribution in [0.3, 0.4) is 0 Å². The first-order chi connectivity index (χ1) is 14.5. The van der Waals surface area contributed by atoms with E-state index in [2.05, 4.69) is 29.4 Å². The first-order valence-corrected chi connectivity index (χ1v) is 10.4. The van der Waals surface area contributed by atoms with E-state index >= 15 is 0 Å². The Kier molecular flexibility index (Phi) is 5.13. The van der Waals surface area contributed by atoms with Gasteiger partial charge in [0.1, 0.15) is 23.8 Å². The summed E-state index contributed by atoms with van der Waals surface area (Å²) in [6.07, 6.45) is 1.49. The molecule has 8 heteroatoms. The maximum atomic E-state index is 14.3. The molecule has 1 saturated carbocycles. The second-order valence-corrected chi connectivity index (χ2v) is 9.65. The standard InChI is InChI=1S/C23H27F2N3O3/c1-21(2,30)12-26-18(29)11-31-23-9-8-14(22(23,3)4)13-10-17(27-28-20(13)23)19-15(24)6-5-7-16(19)25/h5-7,10,14,30H,8-9,11-12H2,1-4H3,(H,26,29)/t14-,23-/m0/s1. The molecule has 166 valence electrons.